The Morgan fingerprint density at radius 1 is 1.38 bits per heavy atom. The summed E-state index contributed by atoms with van der Waals surface area (Å²) in [6, 6.07) is 8.12. The number of rotatable bonds is 2. The Labute approximate surface area is 126 Å². The van der Waals surface area contributed by atoms with Crippen molar-refractivity contribution in [3.8, 4) is 0 Å². The van der Waals surface area contributed by atoms with E-state index < -0.39 is 4.92 Å². The first-order valence-electron chi connectivity index (χ1n) is 5.93. The number of nitro groups is 1. The van der Waals surface area contributed by atoms with Crippen LogP contribution in [0.2, 0.25) is 0 Å². The molecule has 0 fully saturated rings. The maximum absolute atomic E-state index is 12.0. The summed E-state index contributed by atoms with van der Waals surface area (Å²) in [4.78, 5) is 27.6. The minimum atomic E-state index is -0.440. The lowest BCUT2D eigenvalue weighted by atomic mass is 10.3. The van der Waals surface area contributed by atoms with E-state index in [0.717, 1.165) is 4.70 Å². The van der Waals surface area contributed by atoms with Gasteiger partial charge in [0.15, 0.2) is 4.80 Å². The average molecular weight is 319 g/mol. The molecular formula is C13H9N3O3S2. The maximum Gasteiger partial charge on any atom is 0.289 e. The van der Waals surface area contributed by atoms with Crippen LogP contribution in [-0.2, 0) is 7.05 Å². The molecule has 0 radical (unpaired) electrons. The number of nitrogens with zero attached hydrogens (tertiary/aromatic N) is 3. The van der Waals surface area contributed by atoms with E-state index >= 15 is 0 Å². The molecule has 1 amide bonds. The Bertz CT molecular complexity index is 907. The number of hydrogen-bond donors (Lipinski definition) is 0. The highest BCUT2D eigenvalue weighted by Gasteiger charge is 2.11. The predicted octanol–water partition coefficient (Wildman–Crippen LogP) is 2.95. The summed E-state index contributed by atoms with van der Waals surface area (Å²) >= 11 is 2.66. The van der Waals surface area contributed by atoms with Crippen molar-refractivity contribution in [3.05, 3.63) is 55.5 Å². The van der Waals surface area contributed by atoms with Gasteiger partial charge in [-0.1, -0.05) is 17.4 Å². The number of benzene rings is 1. The zero-order valence-electron chi connectivity index (χ0n) is 10.8. The molecule has 8 heteroatoms. The number of thiazole rings is 1. The molecular weight excluding hydrogens is 310 g/mol. The van der Waals surface area contributed by atoms with Crippen LogP contribution in [0.5, 0.6) is 0 Å². The van der Waals surface area contributed by atoms with Crippen molar-refractivity contribution < 1.29 is 9.72 Å². The van der Waals surface area contributed by atoms with Gasteiger partial charge < -0.3 is 4.57 Å². The van der Waals surface area contributed by atoms with Gasteiger partial charge in [-0.25, -0.2) is 0 Å². The molecule has 0 saturated heterocycles. The third kappa shape index (κ3) is 2.50. The summed E-state index contributed by atoms with van der Waals surface area (Å²) in [6.45, 7) is 0. The topological polar surface area (TPSA) is 77.5 Å². The van der Waals surface area contributed by atoms with E-state index in [9.17, 15) is 14.9 Å². The van der Waals surface area contributed by atoms with Gasteiger partial charge in [-0.05, 0) is 17.5 Å². The van der Waals surface area contributed by atoms with Crippen molar-refractivity contribution in [1.82, 2.24) is 4.57 Å². The zero-order chi connectivity index (χ0) is 15.0. The number of nitro benzene ring substituents is 1. The molecule has 3 aromatic rings. The van der Waals surface area contributed by atoms with E-state index in [1.54, 1.807) is 29.8 Å². The maximum atomic E-state index is 12.0. The molecule has 106 valence electrons. The van der Waals surface area contributed by atoms with E-state index in [4.69, 9.17) is 0 Å². The Hall–Kier alpha value is -2.32. The van der Waals surface area contributed by atoms with Crippen LogP contribution >= 0.6 is 22.7 Å². The van der Waals surface area contributed by atoms with Crippen molar-refractivity contribution in [2.75, 3.05) is 0 Å². The molecule has 0 spiro atoms. The van der Waals surface area contributed by atoms with Crippen LogP contribution in [0.15, 0.2) is 40.7 Å². The lowest BCUT2D eigenvalue weighted by molar-refractivity contribution is -0.384. The summed E-state index contributed by atoms with van der Waals surface area (Å²) in [5.41, 5.74) is 0.707. The number of fused-ring (bicyclic) bond motifs is 1. The predicted molar refractivity (Wildman–Crippen MR) is 81.7 cm³/mol. The van der Waals surface area contributed by atoms with Crippen LogP contribution in [0.4, 0.5) is 5.69 Å². The van der Waals surface area contributed by atoms with Crippen LogP contribution in [0.25, 0.3) is 10.2 Å². The standard InChI is InChI=1S/C13H9N3O3S2/c1-15-9-7-8(16(18)19)4-5-10(9)21-13(15)14-12(17)11-3-2-6-20-11/h2-7H,1H3. The number of aryl methyl sites for hydroxylation is 1. The molecule has 0 saturated carbocycles. The minimum Gasteiger partial charge on any atom is -0.319 e. The van der Waals surface area contributed by atoms with Crippen LogP contribution in [-0.4, -0.2) is 15.4 Å². The van der Waals surface area contributed by atoms with Crippen LogP contribution in [0.3, 0.4) is 0 Å². The largest absolute Gasteiger partial charge is 0.319 e. The van der Waals surface area contributed by atoms with Crippen LogP contribution in [0.1, 0.15) is 9.67 Å². The summed E-state index contributed by atoms with van der Waals surface area (Å²) in [7, 11) is 1.74. The number of amides is 1. The molecule has 0 atom stereocenters. The highest BCUT2D eigenvalue weighted by atomic mass is 32.1. The van der Waals surface area contributed by atoms with Gasteiger partial charge in [0, 0.05) is 19.2 Å². The molecule has 0 unspecified atom stereocenters. The van der Waals surface area contributed by atoms with Gasteiger partial charge in [0.1, 0.15) is 0 Å². The van der Waals surface area contributed by atoms with Crippen molar-refractivity contribution >= 4 is 44.5 Å². The summed E-state index contributed by atoms with van der Waals surface area (Å²) in [5.74, 6) is -0.304. The Balaban J connectivity index is 2.14. The molecule has 0 bridgehead atoms. The van der Waals surface area contributed by atoms with Crippen molar-refractivity contribution in [2.45, 2.75) is 0 Å². The lowest BCUT2D eigenvalue weighted by Gasteiger charge is -1.95. The van der Waals surface area contributed by atoms with Gasteiger partial charge >= 0.3 is 0 Å². The fourth-order valence-electron chi connectivity index (χ4n) is 1.88. The van der Waals surface area contributed by atoms with E-state index in [1.807, 2.05) is 5.38 Å². The number of hydrogen-bond acceptors (Lipinski definition) is 5. The van der Waals surface area contributed by atoms with Crippen LogP contribution < -0.4 is 4.80 Å². The normalized spacial score (nSPS) is 12.0. The monoisotopic (exact) mass is 319 g/mol. The van der Waals surface area contributed by atoms with Gasteiger partial charge in [-0.3, -0.25) is 14.9 Å². The minimum absolute atomic E-state index is 0.0204. The van der Waals surface area contributed by atoms with Gasteiger partial charge in [-0.2, -0.15) is 4.99 Å². The smallest absolute Gasteiger partial charge is 0.289 e. The first kappa shape index (κ1) is 13.7. The number of carbonyl (C=O) groups is 1. The second-order valence-electron chi connectivity index (χ2n) is 4.25. The first-order chi connectivity index (χ1) is 10.1. The number of aromatic nitrogens is 1. The van der Waals surface area contributed by atoms with E-state index in [0.29, 0.717) is 15.2 Å². The quantitative estimate of drug-likeness (QED) is 0.538. The molecule has 21 heavy (non-hydrogen) atoms. The summed E-state index contributed by atoms with van der Waals surface area (Å²) in [5, 5.41) is 12.6. The van der Waals surface area contributed by atoms with E-state index in [2.05, 4.69) is 4.99 Å². The number of non-ortho nitro benzene ring substituents is 1. The van der Waals surface area contributed by atoms with Crippen LogP contribution in [0, 0.1) is 10.1 Å². The average Bonchev–Trinajstić information content (AvgIpc) is 3.08. The Morgan fingerprint density at radius 2 is 2.19 bits per heavy atom. The lowest BCUT2D eigenvalue weighted by Crippen LogP contribution is -2.12. The van der Waals surface area contributed by atoms with E-state index in [1.165, 1.54) is 34.8 Å². The van der Waals surface area contributed by atoms with Gasteiger partial charge in [0.25, 0.3) is 11.6 Å². The van der Waals surface area contributed by atoms with Crippen molar-refractivity contribution in [3.63, 3.8) is 0 Å². The molecule has 0 aliphatic heterocycles. The second kappa shape index (κ2) is 5.23. The van der Waals surface area contributed by atoms with Gasteiger partial charge in [0.2, 0.25) is 0 Å². The fraction of sp³-hybridized carbons (Fsp3) is 0.0769. The molecule has 1 aromatic carbocycles. The van der Waals surface area contributed by atoms with Gasteiger partial charge in [0.05, 0.1) is 20.0 Å². The molecule has 2 aromatic heterocycles. The molecule has 6 nitrogen and oxygen atoms in total. The zero-order valence-corrected chi connectivity index (χ0v) is 12.5. The Morgan fingerprint density at radius 3 is 2.86 bits per heavy atom. The second-order valence-corrected chi connectivity index (χ2v) is 6.20. The summed E-state index contributed by atoms with van der Waals surface area (Å²) in [6.07, 6.45) is 0. The van der Waals surface area contributed by atoms with Crippen molar-refractivity contribution in [2.24, 2.45) is 12.0 Å². The highest BCUT2D eigenvalue weighted by Crippen LogP contribution is 2.22. The molecule has 0 N–H and O–H groups in total. The third-order valence-electron chi connectivity index (χ3n) is 2.93. The molecule has 0 aliphatic rings. The van der Waals surface area contributed by atoms with Crippen molar-refractivity contribution in [1.29, 1.82) is 0 Å². The molecule has 2 heterocycles. The van der Waals surface area contributed by atoms with Gasteiger partial charge in [-0.15, -0.1) is 11.3 Å². The third-order valence-corrected chi connectivity index (χ3v) is 4.90. The fourth-order valence-corrected chi connectivity index (χ4v) is 3.48. The molecule has 0 aliphatic carbocycles. The Kier molecular flexibility index (Phi) is 3.40. The number of thiophene rings is 1. The van der Waals surface area contributed by atoms with E-state index in [-0.39, 0.29) is 11.6 Å². The molecule has 3 rings (SSSR count). The highest BCUT2D eigenvalue weighted by molar-refractivity contribution is 7.16. The summed E-state index contributed by atoms with van der Waals surface area (Å²) < 4.78 is 2.54. The first-order valence-corrected chi connectivity index (χ1v) is 7.62. The SMILES string of the molecule is Cn1c(=NC(=O)c2cccs2)sc2ccc([N+](=O)[O-])cc21. The number of carbonyl (C=O) groups excluding carboxylic acids is 1.